The van der Waals surface area contributed by atoms with Gasteiger partial charge in [-0.05, 0) is 48.5 Å². The molecule has 2 rings (SSSR count). The highest BCUT2D eigenvalue weighted by atomic mass is 19.1. The van der Waals surface area contributed by atoms with Crippen molar-refractivity contribution in [2.24, 2.45) is 0 Å². The van der Waals surface area contributed by atoms with Crippen LogP contribution in [-0.2, 0) is 13.1 Å². The van der Waals surface area contributed by atoms with Crippen LogP contribution in [0.4, 0.5) is 8.78 Å². The lowest BCUT2D eigenvalue weighted by atomic mass is 10.1. The minimum Gasteiger partial charge on any atom is -0.478 e. The quantitative estimate of drug-likeness (QED) is 0.919. The summed E-state index contributed by atoms with van der Waals surface area (Å²) in [5.74, 6) is -1.86. The molecule has 0 saturated heterocycles. The highest BCUT2D eigenvalue weighted by molar-refractivity contribution is 5.89. The van der Waals surface area contributed by atoms with E-state index < -0.39 is 11.8 Å². The van der Waals surface area contributed by atoms with Gasteiger partial charge < -0.3 is 5.11 Å². The number of hydrogen-bond donors (Lipinski definition) is 1. The second kappa shape index (κ2) is 6.45. The van der Waals surface area contributed by atoms with Crippen LogP contribution in [0.1, 0.15) is 21.5 Å². The van der Waals surface area contributed by atoms with Gasteiger partial charge in [-0.25, -0.2) is 13.6 Å². The van der Waals surface area contributed by atoms with Crippen molar-refractivity contribution in [1.29, 1.82) is 0 Å². The van der Waals surface area contributed by atoms with E-state index >= 15 is 0 Å². The van der Waals surface area contributed by atoms with Crippen molar-refractivity contribution in [1.82, 2.24) is 4.90 Å². The molecule has 5 heteroatoms. The van der Waals surface area contributed by atoms with Gasteiger partial charge in [0.1, 0.15) is 11.6 Å². The largest absolute Gasteiger partial charge is 0.478 e. The maximum atomic E-state index is 13.3. The lowest BCUT2D eigenvalue weighted by molar-refractivity contribution is 0.0694. The van der Waals surface area contributed by atoms with Gasteiger partial charge in [0.15, 0.2) is 0 Å². The van der Waals surface area contributed by atoms with Crippen molar-refractivity contribution in [3.05, 3.63) is 70.8 Å². The Balaban J connectivity index is 2.12. The maximum Gasteiger partial charge on any atom is 0.336 e. The molecule has 0 unspecified atom stereocenters. The first-order valence-corrected chi connectivity index (χ1v) is 6.40. The predicted molar refractivity (Wildman–Crippen MR) is 74.9 cm³/mol. The van der Waals surface area contributed by atoms with Crippen LogP contribution >= 0.6 is 0 Å². The van der Waals surface area contributed by atoms with E-state index in [9.17, 15) is 13.6 Å². The number of carboxylic acid groups (broad SMARTS) is 1. The number of carboxylic acids is 1. The summed E-state index contributed by atoms with van der Waals surface area (Å²) in [7, 11) is 1.79. The van der Waals surface area contributed by atoms with Gasteiger partial charge in [0.2, 0.25) is 0 Å². The predicted octanol–water partition coefficient (Wildman–Crippen LogP) is 3.30. The van der Waals surface area contributed by atoms with Crippen LogP contribution in [0.3, 0.4) is 0 Å². The Morgan fingerprint density at radius 1 is 1.05 bits per heavy atom. The molecular formula is C16H15F2NO2. The Hall–Kier alpha value is -2.27. The molecule has 3 nitrogen and oxygen atoms in total. The first-order chi connectivity index (χ1) is 9.95. The molecule has 0 atom stereocenters. The monoisotopic (exact) mass is 291 g/mol. The Bertz CT molecular complexity index is 641. The van der Waals surface area contributed by atoms with Crippen LogP contribution in [-0.4, -0.2) is 23.0 Å². The van der Waals surface area contributed by atoms with E-state index in [-0.39, 0.29) is 17.9 Å². The third kappa shape index (κ3) is 4.10. The number of hydrogen-bond acceptors (Lipinski definition) is 2. The standard InChI is InChI=1S/C16H15F2NO2/c1-19(9-11-2-4-13(17)5-3-11)10-12-8-14(18)6-7-15(12)16(20)21/h2-8H,9-10H2,1H3,(H,20,21). The van der Waals surface area contributed by atoms with Gasteiger partial charge in [-0.1, -0.05) is 12.1 Å². The highest BCUT2D eigenvalue weighted by Crippen LogP contribution is 2.15. The summed E-state index contributed by atoms with van der Waals surface area (Å²) in [6.07, 6.45) is 0. The maximum absolute atomic E-state index is 13.3. The molecule has 0 bridgehead atoms. The third-order valence-electron chi connectivity index (χ3n) is 3.10. The van der Waals surface area contributed by atoms with Gasteiger partial charge in [0.25, 0.3) is 0 Å². The van der Waals surface area contributed by atoms with Crippen LogP contribution < -0.4 is 0 Å². The molecule has 0 aliphatic rings. The summed E-state index contributed by atoms with van der Waals surface area (Å²) in [5.41, 5.74) is 1.39. The zero-order valence-corrected chi connectivity index (χ0v) is 11.5. The van der Waals surface area contributed by atoms with E-state index in [0.717, 1.165) is 11.6 Å². The molecule has 0 amide bonds. The number of benzene rings is 2. The number of carbonyl (C=O) groups is 1. The van der Waals surface area contributed by atoms with Gasteiger partial charge in [0, 0.05) is 13.1 Å². The van der Waals surface area contributed by atoms with Crippen LogP contribution in [0.5, 0.6) is 0 Å². The molecule has 0 spiro atoms. The van der Waals surface area contributed by atoms with Crippen LogP contribution in [0.2, 0.25) is 0 Å². The minimum atomic E-state index is -1.08. The first-order valence-electron chi connectivity index (χ1n) is 6.40. The lowest BCUT2D eigenvalue weighted by Crippen LogP contribution is -2.19. The third-order valence-corrected chi connectivity index (χ3v) is 3.10. The van der Waals surface area contributed by atoms with E-state index in [2.05, 4.69) is 0 Å². The second-order valence-electron chi connectivity index (χ2n) is 4.91. The van der Waals surface area contributed by atoms with E-state index in [0.29, 0.717) is 12.1 Å². The average molecular weight is 291 g/mol. The SMILES string of the molecule is CN(Cc1ccc(F)cc1)Cc1cc(F)ccc1C(=O)O. The number of rotatable bonds is 5. The number of halogens is 2. The van der Waals surface area contributed by atoms with Crippen LogP contribution in [0.15, 0.2) is 42.5 Å². The van der Waals surface area contributed by atoms with Crippen LogP contribution in [0.25, 0.3) is 0 Å². The molecular weight excluding hydrogens is 276 g/mol. The highest BCUT2D eigenvalue weighted by Gasteiger charge is 2.13. The topological polar surface area (TPSA) is 40.5 Å². The fourth-order valence-corrected chi connectivity index (χ4v) is 2.15. The van der Waals surface area contributed by atoms with Gasteiger partial charge >= 0.3 is 5.97 Å². The molecule has 1 N–H and O–H groups in total. The summed E-state index contributed by atoms with van der Waals surface area (Å²) in [6, 6.07) is 9.68. The van der Waals surface area contributed by atoms with Crippen molar-refractivity contribution in [2.75, 3.05) is 7.05 Å². The second-order valence-corrected chi connectivity index (χ2v) is 4.91. The fraction of sp³-hybridized carbons (Fsp3) is 0.188. The molecule has 0 fully saturated rings. The molecule has 0 aliphatic heterocycles. The molecule has 2 aromatic rings. The minimum absolute atomic E-state index is 0.0855. The van der Waals surface area contributed by atoms with Crippen molar-refractivity contribution in [3.63, 3.8) is 0 Å². The van der Waals surface area contributed by atoms with E-state index in [1.807, 2.05) is 4.90 Å². The van der Waals surface area contributed by atoms with Crippen LogP contribution in [0, 0.1) is 11.6 Å². The molecule has 0 aliphatic carbocycles. The van der Waals surface area contributed by atoms with E-state index in [4.69, 9.17) is 5.11 Å². The fourth-order valence-electron chi connectivity index (χ4n) is 2.15. The summed E-state index contributed by atoms with van der Waals surface area (Å²) >= 11 is 0. The Morgan fingerprint density at radius 2 is 1.67 bits per heavy atom. The number of aromatic carboxylic acids is 1. The van der Waals surface area contributed by atoms with E-state index in [1.165, 1.54) is 24.3 Å². The normalized spacial score (nSPS) is 10.9. The Morgan fingerprint density at radius 3 is 2.29 bits per heavy atom. The summed E-state index contributed by atoms with van der Waals surface area (Å²) in [6.45, 7) is 0.798. The zero-order valence-electron chi connectivity index (χ0n) is 11.5. The van der Waals surface area contributed by atoms with Crippen molar-refractivity contribution in [3.8, 4) is 0 Å². The Labute approximate surface area is 121 Å². The molecule has 0 radical (unpaired) electrons. The molecule has 0 aromatic heterocycles. The van der Waals surface area contributed by atoms with Crippen molar-refractivity contribution < 1.29 is 18.7 Å². The van der Waals surface area contributed by atoms with Gasteiger partial charge in [-0.15, -0.1) is 0 Å². The summed E-state index contributed by atoms with van der Waals surface area (Å²) in [5, 5.41) is 9.11. The molecule has 0 saturated carbocycles. The zero-order chi connectivity index (χ0) is 15.4. The van der Waals surface area contributed by atoms with Crippen molar-refractivity contribution >= 4 is 5.97 Å². The Kier molecular flexibility index (Phi) is 4.65. The van der Waals surface area contributed by atoms with Gasteiger partial charge in [0.05, 0.1) is 5.56 Å². The number of nitrogens with zero attached hydrogens (tertiary/aromatic N) is 1. The summed E-state index contributed by atoms with van der Waals surface area (Å²) < 4.78 is 26.1. The van der Waals surface area contributed by atoms with Gasteiger partial charge in [-0.3, -0.25) is 4.90 Å². The molecule has 0 heterocycles. The molecule has 2 aromatic carbocycles. The lowest BCUT2D eigenvalue weighted by Gasteiger charge is -2.18. The van der Waals surface area contributed by atoms with Gasteiger partial charge in [-0.2, -0.15) is 0 Å². The average Bonchev–Trinajstić information content (AvgIpc) is 2.41. The summed E-state index contributed by atoms with van der Waals surface area (Å²) in [4.78, 5) is 13.0. The van der Waals surface area contributed by atoms with E-state index in [1.54, 1.807) is 19.2 Å². The molecule has 21 heavy (non-hydrogen) atoms. The van der Waals surface area contributed by atoms with Crippen molar-refractivity contribution in [2.45, 2.75) is 13.1 Å². The smallest absolute Gasteiger partial charge is 0.336 e. The molecule has 110 valence electrons. The first kappa shape index (κ1) is 15.1.